The van der Waals surface area contributed by atoms with Crippen LogP contribution in [0, 0.1) is 0 Å². The van der Waals surface area contributed by atoms with Crippen molar-refractivity contribution in [1.29, 1.82) is 0 Å². The molecule has 1 aliphatic rings. The number of rotatable bonds is 3. The molecule has 3 N–H and O–H groups in total. The highest BCUT2D eigenvalue weighted by molar-refractivity contribution is 5.88. The van der Waals surface area contributed by atoms with Gasteiger partial charge in [-0.05, 0) is 47.0 Å². The highest BCUT2D eigenvalue weighted by atomic mass is 16.4. The second-order valence-corrected chi connectivity index (χ2v) is 6.45. The number of nitrogens with one attached hydrogen (secondary N) is 2. The van der Waals surface area contributed by atoms with Crippen LogP contribution in [-0.2, 0) is 9.59 Å². The summed E-state index contributed by atoms with van der Waals surface area (Å²) >= 11 is 0. The van der Waals surface area contributed by atoms with Crippen LogP contribution in [0.4, 0.5) is 4.79 Å². The molecule has 0 aromatic heterocycles. The van der Waals surface area contributed by atoms with Crippen LogP contribution in [-0.4, -0.2) is 52.1 Å². The van der Waals surface area contributed by atoms with Gasteiger partial charge in [0.15, 0.2) is 0 Å². The molecule has 7 nitrogen and oxygen atoms in total. The van der Waals surface area contributed by atoms with Crippen LogP contribution in [0.3, 0.4) is 0 Å². The van der Waals surface area contributed by atoms with Gasteiger partial charge in [-0.3, -0.25) is 4.79 Å². The summed E-state index contributed by atoms with van der Waals surface area (Å²) in [5, 5.41) is 14.5. The minimum absolute atomic E-state index is 0.292. The maximum absolute atomic E-state index is 12.2. The Hall–Kier alpha value is -1.79. The quantitative estimate of drug-likeness (QED) is 0.722. The molecular weight excluding hydrogens is 274 g/mol. The SMILES string of the molecule is CC(NC(=O)N1CCCCC1C(=O)O)C(=O)NC(C)(C)C. The first kappa shape index (κ1) is 17.3. The van der Waals surface area contributed by atoms with E-state index in [2.05, 4.69) is 10.6 Å². The van der Waals surface area contributed by atoms with Gasteiger partial charge in [0.2, 0.25) is 5.91 Å². The van der Waals surface area contributed by atoms with Crippen molar-refractivity contribution in [2.45, 2.75) is 64.6 Å². The third kappa shape index (κ3) is 5.24. The van der Waals surface area contributed by atoms with Crippen LogP contribution in [0.25, 0.3) is 0 Å². The van der Waals surface area contributed by atoms with Crippen LogP contribution in [0.1, 0.15) is 47.0 Å². The number of likely N-dealkylation sites (tertiary alicyclic amines) is 1. The summed E-state index contributed by atoms with van der Waals surface area (Å²) in [7, 11) is 0. The van der Waals surface area contributed by atoms with Crippen molar-refractivity contribution in [2.24, 2.45) is 0 Å². The first-order valence-electron chi connectivity index (χ1n) is 7.24. The fourth-order valence-electron chi connectivity index (χ4n) is 2.24. The first-order chi connectivity index (χ1) is 9.61. The van der Waals surface area contributed by atoms with E-state index in [1.807, 2.05) is 20.8 Å². The third-order valence-corrected chi connectivity index (χ3v) is 3.28. The molecule has 0 radical (unpaired) electrons. The summed E-state index contributed by atoms with van der Waals surface area (Å²) in [5.41, 5.74) is -0.384. The van der Waals surface area contributed by atoms with Gasteiger partial charge in [-0.1, -0.05) is 0 Å². The number of urea groups is 1. The van der Waals surface area contributed by atoms with Gasteiger partial charge in [-0.25, -0.2) is 9.59 Å². The molecule has 0 aromatic carbocycles. The van der Waals surface area contributed by atoms with E-state index in [9.17, 15) is 14.4 Å². The van der Waals surface area contributed by atoms with E-state index in [0.717, 1.165) is 12.8 Å². The summed E-state index contributed by atoms with van der Waals surface area (Å²) in [5.74, 6) is -1.30. The van der Waals surface area contributed by atoms with Gasteiger partial charge in [-0.15, -0.1) is 0 Å². The van der Waals surface area contributed by atoms with E-state index >= 15 is 0 Å². The second kappa shape index (κ2) is 6.78. The van der Waals surface area contributed by atoms with Crippen molar-refractivity contribution in [2.75, 3.05) is 6.54 Å². The molecule has 1 heterocycles. The van der Waals surface area contributed by atoms with E-state index < -0.39 is 24.1 Å². The number of carboxylic acids is 1. The zero-order valence-corrected chi connectivity index (χ0v) is 13.1. The van der Waals surface area contributed by atoms with Gasteiger partial charge in [-0.2, -0.15) is 0 Å². The number of carbonyl (C=O) groups is 3. The van der Waals surface area contributed by atoms with Gasteiger partial charge in [0, 0.05) is 12.1 Å². The zero-order chi connectivity index (χ0) is 16.2. The van der Waals surface area contributed by atoms with Gasteiger partial charge >= 0.3 is 12.0 Å². The number of carbonyl (C=O) groups excluding carboxylic acids is 2. The van der Waals surface area contributed by atoms with Crippen LogP contribution in [0.5, 0.6) is 0 Å². The Kier molecular flexibility index (Phi) is 5.57. The lowest BCUT2D eigenvalue weighted by molar-refractivity contribution is -0.143. The van der Waals surface area contributed by atoms with Crippen LogP contribution in [0.2, 0.25) is 0 Å². The van der Waals surface area contributed by atoms with Crippen LogP contribution >= 0.6 is 0 Å². The van der Waals surface area contributed by atoms with Crippen molar-refractivity contribution < 1.29 is 19.5 Å². The minimum Gasteiger partial charge on any atom is -0.480 e. The van der Waals surface area contributed by atoms with Crippen molar-refractivity contribution in [1.82, 2.24) is 15.5 Å². The normalized spacial score (nSPS) is 20.6. The van der Waals surface area contributed by atoms with E-state index in [4.69, 9.17) is 5.11 Å². The van der Waals surface area contributed by atoms with Gasteiger partial charge in [0.05, 0.1) is 0 Å². The molecule has 7 heteroatoms. The molecule has 21 heavy (non-hydrogen) atoms. The molecule has 1 rings (SSSR count). The summed E-state index contributed by atoms with van der Waals surface area (Å²) in [4.78, 5) is 36.6. The smallest absolute Gasteiger partial charge is 0.326 e. The Balaban J connectivity index is 2.62. The lowest BCUT2D eigenvalue weighted by atomic mass is 10.0. The van der Waals surface area contributed by atoms with Crippen molar-refractivity contribution >= 4 is 17.9 Å². The van der Waals surface area contributed by atoms with Gasteiger partial charge in [0.1, 0.15) is 12.1 Å². The third-order valence-electron chi connectivity index (χ3n) is 3.28. The maximum Gasteiger partial charge on any atom is 0.326 e. The maximum atomic E-state index is 12.2. The number of hydrogen-bond donors (Lipinski definition) is 3. The molecule has 0 spiro atoms. The molecule has 3 amide bonds. The molecule has 0 bridgehead atoms. The van der Waals surface area contributed by atoms with Gasteiger partial charge < -0.3 is 20.6 Å². The number of piperidine rings is 1. The fourth-order valence-corrected chi connectivity index (χ4v) is 2.24. The minimum atomic E-state index is -1.00. The first-order valence-corrected chi connectivity index (χ1v) is 7.24. The molecule has 0 aliphatic carbocycles. The molecular formula is C14H25N3O4. The number of hydrogen-bond acceptors (Lipinski definition) is 3. The summed E-state index contributed by atoms with van der Waals surface area (Å²) < 4.78 is 0. The van der Waals surface area contributed by atoms with Crippen molar-refractivity contribution in [3.05, 3.63) is 0 Å². The largest absolute Gasteiger partial charge is 0.480 e. The standard InChI is InChI=1S/C14H25N3O4/c1-9(11(18)16-14(2,3)4)15-13(21)17-8-6-5-7-10(17)12(19)20/h9-10H,5-8H2,1-4H3,(H,15,21)(H,16,18)(H,19,20). The molecule has 0 aromatic rings. The Morgan fingerprint density at radius 2 is 1.86 bits per heavy atom. The predicted molar refractivity (Wildman–Crippen MR) is 77.9 cm³/mol. The van der Waals surface area contributed by atoms with Crippen LogP contribution in [0.15, 0.2) is 0 Å². The van der Waals surface area contributed by atoms with Crippen molar-refractivity contribution in [3.63, 3.8) is 0 Å². The molecule has 120 valence electrons. The number of aliphatic carboxylic acids is 1. The van der Waals surface area contributed by atoms with E-state index in [-0.39, 0.29) is 11.4 Å². The Labute approximate surface area is 125 Å². The molecule has 1 saturated heterocycles. The number of carboxylic acid groups (broad SMARTS) is 1. The number of nitrogens with zero attached hydrogens (tertiary/aromatic N) is 1. The monoisotopic (exact) mass is 299 g/mol. The van der Waals surface area contributed by atoms with Crippen molar-refractivity contribution in [3.8, 4) is 0 Å². The predicted octanol–water partition coefficient (Wildman–Crippen LogP) is 0.938. The summed E-state index contributed by atoms with van der Waals surface area (Å²) in [6.07, 6.45) is 2.02. The molecule has 2 atom stereocenters. The highest BCUT2D eigenvalue weighted by Gasteiger charge is 2.33. The molecule has 0 saturated carbocycles. The lowest BCUT2D eigenvalue weighted by Gasteiger charge is -2.34. The topological polar surface area (TPSA) is 98.7 Å². The molecule has 1 fully saturated rings. The number of amides is 3. The Morgan fingerprint density at radius 1 is 1.24 bits per heavy atom. The van der Waals surface area contributed by atoms with E-state index in [1.54, 1.807) is 6.92 Å². The average Bonchev–Trinajstić information content (AvgIpc) is 2.36. The fraction of sp³-hybridized carbons (Fsp3) is 0.786. The Morgan fingerprint density at radius 3 is 2.38 bits per heavy atom. The zero-order valence-electron chi connectivity index (χ0n) is 13.1. The Bertz CT molecular complexity index is 417. The molecule has 2 unspecified atom stereocenters. The summed E-state index contributed by atoms with van der Waals surface area (Å²) in [6.45, 7) is 7.54. The van der Waals surface area contributed by atoms with E-state index in [1.165, 1.54) is 4.90 Å². The lowest BCUT2D eigenvalue weighted by Crippen LogP contribution is -2.57. The average molecular weight is 299 g/mol. The highest BCUT2D eigenvalue weighted by Crippen LogP contribution is 2.17. The molecule has 1 aliphatic heterocycles. The summed E-state index contributed by atoms with van der Waals surface area (Å²) in [6, 6.07) is -2.02. The second-order valence-electron chi connectivity index (χ2n) is 6.45. The van der Waals surface area contributed by atoms with E-state index in [0.29, 0.717) is 13.0 Å². The van der Waals surface area contributed by atoms with Gasteiger partial charge in [0.25, 0.3) is 0 Å². The van der Waals surface area contributed by atoms with Crippen LogP contribution < -0.4 is 10.6 Å².